The molecule has 25 heavy (non-hydrogen) atoms. The molecule has 2 aromatic rings. The predicted molar refractivity (Wildman–Crippen MR) is 82.6 cm³/mol. The monoisotopic (exact) mass is 375 g/mol. The average Bonchev–Trinajstić information content (AvgIpc) is 2.52. The summed E-state index contributed by atoms with van der Waals surface area (Å²) in [5.41, 5.74) is -4.81. The summed E-state index contributed by atoms with van der Waals surface area (Å²) < 4.78 is 60.5. The van der Waals surface area contributed by atoms with Gasteiger partial charge in [-0.25, -0.2) is 8.42 Å². The maximum Gasteiger partial charge on any atom is 0.501 e. The van der Waals surface area contributed by atoms with E-state index in [1.165, 1.54) is 6.20 Å². The third-order valence-corrected chi connectivity index (χ3v) is 4.87. The number of pyridine rings is 1. The van der Waals surface area contributed by atoms with Gasteiger partial charge in [-0.2, -0.15) is 13.2 Å². The largest absolute Gasteiger partial charge is 0.501 e. The number of aromatic nitrogens is 1. The van der Waals surface area contributed by atoms with E-state index in [0.29, 0.717) is 12.1 Å². The van der Waals surface area contributed by atoms with Crippen LogP contribution in [0.5, 0.6) is 0 Å². The maximum absolute atomic E-state index is 12.6. The Morgan fingerprint density at radius 3 is 2.52 bits per heavy atom. The van der Waals surface area contributed by atoms with Gasteiger partial charge in [0.25, 0.3) is 15.5 Å². The number of nitro benzene ring substituents is 1. The minimum absolute atomic E-state index is 0.0951. The SMILES string of the molecule is Cc1cnccc1CNc1ccc(S(=O)(=O)C(F)(F)F)cc1[N+](=O)[O-]. The van der Waals surface area contributed by atoms with Crippen LogP contribution in [-0.4, -0.2) is 23.8 Å². The Bertz CT molecular complexity index is 914. The van der Waals surface area contributed by atoms with Gasteiger partial charge < -0.3 is 5.32 Å². The van der Waals surface area contributed by atoms with Crippen LogP contribution in [-0.2, 0) is 16.4 Å². The molecule has 0 saturated heterocycles. The third kappa shape index (κ3) is 3.87. The first-order valence-corrected chi connectivity index (χ1v) is 8.25. The van der Waals surface area contributed by atoms with Crippen molar-refractivity contribution in [1.29, 1.82) is 0 Å². The van der Waals surface area contributed by atoms with E-state index in [9.17, 15) is 31.7 Å². The number of hydrogen-bond donors (Lipinski definition) is 1. The summed E-state index contributed by atoms with van der Waals surface area (Å²) in [6.07, 6.45) is 3.11. The van der Waals surface area contributed by atoms with Gasteiger partial charge in [0.2, 0.25) is 0 Å². The number of hydrogen-bond acceptors (Lipinski definition) is 6. The molecule has 134 valence electrons. The summed E-state index contributed by atoms with van der Waals surface area (Å²) in [4.78, 5) is 12.9. The molecule has 0 aliphatic carbocycles. The summed E-state index contributed by atoms with van der Waals surface area (Å²) in [5, 5.41) is 13.8. The highest BCUT2D eigenvalue weighted by Gasteiger charge is 2.47. The first-order valence-electron chi connectivity index (χ1n) is 6.77. The van der Waals surface area contributed by atoms with Crippen molar-refractivity contribution in [2.24, 2.45) is 0 Å². The number of nitrogens with one attached hydrogen (secondary N) is 1. The number of benzene rings is 1. The molecule has 0 amide bonds. The summed E-state index contributed by atoms with van der Waals surface area (Å²) in [5.74, 6) is 0. The molecule has 7 nitrogen and oxygen atoms in total. The number of aryl methyl sites for hydroxylation is 1. The van der Waals surface area contributed by atoms with Crippen LogP contribution in [0.1, 0.15) is 11.1 Å². The van der Waals surface area contributed by atoms with Crippen LogP contribution in [0.15, 0.2) is 41.6 Å². The minimum Gasteiger partial charge on any atom is -0.375 e. The van der Waals surface area contributed by atoms with Crippen LogP contribution < -0.4 is 5.32 Å². The summed E-state index contributed by atoms with van der Waals surface area (Å²) >= 11 is 0. The van der Waals surface area contributed by atoms with E-state index in [2.05, 4.69) is 10.3 Å². The van der Waals surface area contributed by atoms with Gasteiger partial charge in [0, 0.05) is 25.0 Å². The van der Waals surface area contributed by atoms with Crippen molar-refractivity contribution in [2.45, 2.75) is 23.9 Å². The lowest BCUT2D eigenvalue weighted by atomic mass is 10.1. The molecule has 0 atom stereocenters. The Morgan fingerprint density at radius 2 is 1.96 bits per heavy atom. The number of halogens is 3. The molecule has 0 bridgehead atoms. The zero-order chi connectivity index (χ0) is 18.8. The molecule has 1 N–H and O–H groups in total. The molecule has 0 saturated carbocycles. The van der Waals surface area contributed by atoms with Gasteiger partial charge in [-0.05, 0) is 36.2 Å². The lowest BCUT2D eigenvalue weighted by molar-refractivity contribution is -0.384. The normalized spacial score (nSPS) is 12.0. The van der Waals surface area contributed by atoms with E-state index in [4.69, 9.17) is 0 Å². The molecule has 0 spiro atoms. The molecule has 1 heterocycles. The van der Waals surface area contributed by atoms with Crippen molar-refractivity contribution >= 4 is 21.2 Å². The fourth-order valence-corrected chi connectivity index (χ4v) is 2.79. The second-order valence-electron chi connectivity index (χ2n) is 5.04. The van der Waals surface area contributed by atoms with E-state index in [1.54, 1.807) is 19.2 Å². The third-order valence-electron chi connectivity index (χ3n) is 3.39. The lowest BCUT2D eigenvalue weighted by Gasteiger charge is -2.11. The number of nitrogens with zero attached hydrogens (tertiary/aromatic N) is 2. The van der Waals surface area contributed by atoms with Crippen molar-refractivity contribution in [3.8, 4) is 0 Å². The molecule has 0 aliphatic rings. The second-order valence-corrected chi connectivity index (χ2v) is 6.98. The van der Waals surface area contributed by atoms with Crippen LogP contribution in [0.25, 0.3) is 0 Å². The van der Waals surface area contributed by atoms with Crippen molar-refractivity contribution in [2.75, 3.05) is 5.32 Å². The van der Waals surface area contributed by atoms with E-state index in [-0.39, 0.29) is 12.2 Å². The van der Waals surface area contributed by atoms with Gasteiger partial charge in [0.05, 0.1) is 9.82 Å². The Hall–Kier alpha value is -2.69. The standard InChI is InChI=1S/C14H12F3N3O4S/c1-9-7-18-5-4-10(9)8-19-12-3-2-11(6-13(12)20(21)22)25(23,24)14(15,16)17/h2-7,19H,8H2,1H3. The van der Waals surface area contributed by atoms with E-state index < -0.39 is 30.9 Å². The average molecular weight is 375 g/mol. The van der Waals surface area contributed by atoms with Crippen LogP contribution in [0.2, 0.25) is 0 Å². The summed E-state index contributed by atoms with van der Waals surface area (Å²) in [6, 6.07) is 3.69. The number of anilines is 1. The van der Waals surface area contributed by atoms with Crippen molar-refractivity contribution in [3.05, 3.63) is 57.9 Å². The van der Waals surface area contributed by atoms with Gasteiger partial charge in [0.1, 0.15) is 5.69 Å². The molecule has 1 aromatic carbocycles. The topological polar surface area (TPSA) is 102 Å². The maximum atomic E-state index is 12.6. The van der Waals surface area contributed by atoms with Crippen molar-refractivity contribution < 1.29 is 26.5 Å². The predicted octanol–water partition coefficient (Wildman–Crippen LogP) is 3.20. The summed E-state index contributed by atoms with van der Waals surface area (Å²) in [7, 11) is -5.66. The van der Waals surface area contributed by atoms with Crippen molar-refractivity contribution in [1.82, 2.24) is 4.98 Å². The Kier molecular flexibility index (Phi) is 4.97. The molecule has 0 aliphatic heterocycles. The first kappa shape index (κ1) is 18.6. The van der Waals surface area contributed by atoms with Gasteiger partial charge in [-0.15, -0.1) is 0 Å². The first-order chi connectivity index (χ1) is 11.5. The Balaban J connectivity index is 2.38. The molecule has 11 heteroatoms. The fraction of sp³-hybridized carbons (Fsp3) is 0.214. The molecule has 0 radical (unpaired) electrons. The lowest BCUT2D eigenvalue weighted by Crippen LogP contribution is -2.23. The molecule has 0 unspecified atom stereocenters. The highest BCUT2D eigenvalue weighted by atomic mass is 32.2. The Labute approximate surface area is 140 Å². The zero-order valence-electron chi connectivity index (χ0n) is 12.7. The molecular weight excluding hydrogens is 363 g/mol. The van der Waals surface area contributed by atoms with Crippen LogP contribution in [0, 0.1) is 17.0 Å². The van der Waals surface area contributed by atoms with Crippen LogP contribution >= 0.6 is 0 Å². The number of nitro groups is 1. The van der Waals surface area contributed by atoms with Gasteiger partial charge in [0.15, 0.2) is 0 Å². The molecule has 1 aromatic heterocycles. The quantitative estimate of drug-likeness (QED) is 0.636. The Morgan fingerprint density at radius 1 is 1.28 bits per heavy atom. The van der Waals surface area contributed by atoms with E-state index >= 15 is 0 Å². The number of rotatable bonds is 5. The fourth-order valence-electron chi connectivity index (χ4n) is 2.00. The van der Waals surface area contributed by atoms with Crippen LogP contribution in [0.4, 0.5) is 24.5 Å². The highest BCUT2D eigenvalue weighted by Crippen LogP contribution is 2.34. The molecule has 2 rings (SSSR count). The summed E-state index contributed by atoms with van der Waals surface area (Å²) in [6.45, 7) is 1.93. The van der Waals surface area contributed by atoms with Gasteiger partial charge >= 0.3 is 5.51 Å². The highest BCUT2D eigenvalue weighted by molar-refractivity contribution is 7.92. The smallest absolute Gasteiger partial charge is 0.375 e. The molecular formula is C14H12F3N3O4S. The van der Waals surface area contributed by atoms with Gasteiger partial charge in [-0.1, -0.05) is 0 Å². The van der Waals surface area contributed by atoms with E-state index in [1.807, 2.05) is 0 Å². The van der Waals surface area contributed by atoms with Crippen LogP contribution in [0.3, 0.4) is 0 Å². The zero-order valence-corrected chi connectivity index (χ0v) is 13.6. The molecule has 0 fully saturated rings. The van der Waals surface area contributed by atoms with Gasteiger partial charge in [-0.3, -0.25) is 15.1 Å². The van der Waals surface area contributed by atoms with E-state index in [0.717, 1.165) is 17.2 Å². The second kappa shape index (κ2) is 6.67. The number of alkyl halides is 3. The minimum atomic E-state index is -5.66. The number of sulfone groups is 1. The van der Waals surface area contributed by atoms with Crippen molar-refractivity contribution in [3.63, 3.8) is 0 Å².